The molecule has 2 aliphatic carbocycles. The van der Waals surface area contributed by atoms with E-state index >= 15 is 0 Å². The zero-order valence-corrected chi connectivity index (χ0v) is 14.0. The zero-order valence-electron chi connectivity index (χ0n) is 13.2. The average Bonchev–Trinajstić information content (AvgIpc) is 2.99. The number of anilines is 1. The van der Waals surface area contributed by atoms with Gasteiger partial charge in [-0.2, -0.15) is 0 Å². The third-order valence-electron chi connectivity index (χ3n) is 5.01. The molecule has 0 saturated heterocycles. The average molecular weight is 326 g/mol. The fourth-order valence-corrected chi connectivity index (χ4v) is 4.97. The number of fused-ring (bicyclic) bond motifs is 2. The van der Waals surface area contributed by atoms with E-state index in [2.05, 4.69) is 23.5 Å². The molecule has 0 spiro atoms. The van der Waals surface area contributed by atoms with Crippen LogP contribution in [0.4, 0.5) is 5.69 Å². The van der Waals surface area contributed by atoms with E-state index in [0.717, 1.165) is 42.7 Å². The van der Waals surface area contributed by atoms with Crippen molar-refractivity contribution in [2.45, 2.75) is 51.0 Å². The number of hydrogen-bond donors (Lipinski definition) is 2. The van der Waals surface area contributed by atoms with Crippen molar-refractivity contribution in [3.63, 3.8) is 0 Å². The van der Waals surface area contributed by atoms with Gasteiger partial charge in [0.1, 0.15) is 0 Å². The Labute approximate surface area is 140 Å². The summed E-state index contributed by atoms with van der Waals surface area (Å²) < 4.78 is 0. The Bertz CT molecular complexity index is 726. The maximum atomic E-state index is 12.7. The number of thiophene rings is 1. The molecule has 4 rings (SSSR count). The predicted octanol–water partition coefficient (Wildman–Crippen LogP) is 4.02. The highest BCUT2D eigenvalue weighted by atomic mass is 32.1. The molecule has 0 radical (unpaired) electrons. The van der Waals surface area contributed by atoms with Gasteiger partial charge in [-0.15, -0.1) is 11.3 Å². The molecule has 4 heteroatoms. The fourth-order valence-electron chi connectivity index (χ4n) is 3.82. The molecule has 1 aromatic heterocycles. The van der Waals surface area contributed by atoms with Crippen LogP contribution in [0.5, 0.6) is 0 Å². The topological polar surface area (TPSA) is 55.1 Å². The molecule has 1 unspecified atom stereocenters. The minimum absolute atomic E-state index is 0.0825. The van der Waals surface area contributed by atoms with Crippen molar-refractivity contribution in [3.05, 3.63) is 50.7 Å². The zero-order chi connectivity index (χ0) is 15.8. The monoisotopic (exact) mass is 326 g/mol. The number of benzene rings is 1. The van der Waals surface area contributed by atoms with Crippen LogP contribution in [0.25, 0.3) is 0 Å². The van der Waals surface area contributed by atoms with E-state index in [4.69, 9.17) is 5.73 Å². The molecule has 1 amide bonds. The summed E-state index contributed by atoms with van der Waals surface area (Å²) in [5, 5.41) is 3.25. The first-order valence-corrected chi connectivity index (χ1v) is 9.33. The van der Waals surface area contributed by atoms with E-state index in [1.54, 1.807) is 11.3 Å². The van der Waals surface area contributed by atoms with Crippen molar-refractivity contribution in [1.82, 2.24) is 5.32 Å². The van der Waals surface area contributed by atoms with E-state index in [1.165, 1.54) is 34.4 Å². The molecule has 0 bridgehead atoms. The Morgan fingerprint density at radius 1 is 1.09 bits per heavy atom. The van der Waals surface area contributed by atoms with Gasteiger partial charge in [-0.3, -0.25) is 4.79 Å². The van der Waals surface area contributed by atoms with Gasteiger partial charge in [0.15, 0.2) is 0 Å². The molecule has 1 aromatic carbocycles. The number of nitrogens with two attached hydrogens (primary N) is 1. The molecule has 3 nitrogen and oxygen atoms in total. The molecular weight excluding hydrogens is 304 g/mol. The van der Waals surface area contributed by atoms with Crippen LogP contribution in [0.15, 0.2) is 24.3 Å². The molecule has 0 aliphatic heterocycles. The van der Waals surface area contributed by atoms with Crippen LogP contribution < -0.4 is 11.1 Å². The number of rotatable bonds is 2. The van der Waals surface area contributed by atoms with Crippen LogP contribution in [-0.2, 0) is 19.3 Å². The van der Waals surface area contributed by atoms with Gasteiger partial charge in [-0.1, -0.05) is 6.07 Å². The minimum Gasteiger partial charge on any atom is -0.399 e. The normalized spacial score (nSPS) is 19.7. The Morgan fingerprint density at radius 2 is 1.91 bits per heavy atom. The SMILES string of the molecule is Nc1ccc2c(c1)CCCC2NC(=O)c1cc2c(s1)CCCC2. The fraction of sp³-hybridized carbons (Fsp3) is 0.421. The summed E-state index contributed by atoms with van der Waals surface area (Å²) >= 11 is 1.68. The first kappa shape index (κ1) is 14.8. The summed E-state index contributed by atoms with van der Waals surface area (Å²) in [5.74, 6) is 0.0825. The van der Waals surface area contributed by atoms with Crippen molar-refractivity contribution in [2.75, 3.05) is 5.73 Å². The number of hydrogen-bond acceptors (Lipinski definition) is 3. The number of carbonyl (C=O) groups is 1. The number of nitrogen functional groups attached to an aromatic ring is 1. The lowest BCUT2D eigenvalue weighted by molar-refractivity contribution is 0.0937. The number of amides is 1. The maximum Gasteiger partial charge on any atom is 0.261 e. The largest absolute Gasteiger partial charge is 0.399 e. The molecule has 120 valence electrons. The Balaban J connectivity index is 1.54. The molecule has 2 aliphatic rings. The Hall–Kier alpha value is -1.81. The van der Waals surface area contributed by atoms with Gasteiger partial charge in [-0.25, -0.2) is 0 Å². The van der Waals surface area contributed by atoms with Gasteiger partial charge in [0, 0.05) is 10.6 Å². The van der Waals surface area contributed by atoms with Crippen LogP contribution in [0.1, 0.15) is 63.0 Å². The van der Waals surface area contributed by atoms with Gasteiger partial charge < -0.3 is 11.1 Å². The summed E-state index contributed by atoms with van der Waals surface area (Å²) in [6, 6.07) is 8.30. The van der Waals surface area contributed by atoms with Gasteiger partial charge in [0.25, 0.3) is 5.91 Å². The third kappa shape index (κ3) is 2.88. The van der Waals surface area contributed by atoms with E-state index in [1.807, 2.05) is 6.07 Å². The molecule has 2 aromatic rings. The van der Waals surface area contributed by atoms with Crippen LogP contribution in [0.2, 0.25) is 0 Å². The lowest BCUT2D eigenvalue weighted by atomic mass is 9.87. The second kappa shape index (κ2) is 6.00. The minimum atomic E-state index is 0.0825. The van der Waals surface area contributed by atoms with E-state index < -0.39 is 0 Å². The molecule has 3 N–H and O–H groups in total. The van der Waals surface area contributed by atoms with Crippen LogP contribution in [-0.4, -0.2) is 5.91 Å². The van der Waals surface area contributed by atoms with Crippen LogP contribution >= 0.6 is 11.3 Å². The highest BCUT2D eigenvalue weighted by Crippen LogP contribution is 2.33. The summed E-state index contributed by atoms with van der Waals surface area (Å²) in [6.07, 6.45) is 7.94. The van der Waals surface area contributed by atoms with Crippen molar-refractivity contribution in [1.29, 1.82) is 0 Å². The van der Waals surface area contributed by atoms with Crippen molar-refractivity contribution in [2.24, 2.45) is 0 Å². The third-order valence-corrected chi connectivity index (χ3v) is 6.24. The van der Waals surface area contributed by atoms with Crippen molar-refractivity contribution >= 4 is 22.9 Å². The molecule has 0 fully saturated rings. The van der Waals surface area contributed by atoms with Gasteiger partial charge in [0.05, 0.1) is 10.9 Å². The first-order valence-electron chi connectivity index (χ1n) is 8.51. The predicted molar refractivity (Wildman–Crippen MR) is 95.0 cm³/mol. The summed E-state index contributed by atoms with van der Waals surface area (Å²) in [6.45, 7) is 0. The van der Waals surface area contributed by atoms with Crippen molar-refractivity contribution < 1.29 is 4.79 Å². The number of aryl methyl sites for hydroxylation is 3. The number of nitrogens with one attached hydrogen (secondary N) is 1. The Kier molecular flexibility index (Phi) is 3.85. The lowest BCUT2D eigenvalue weighted by Crippen LogP contribution is -2.30. The standard InChI is InChI=1S/C19H22N2OS/c20-14-8-9-15-12(10-14)5-3-6-16(15)21-19(22)18-11-13-4-1-2-7-17(13)23-18/h8-11,16H,1-7,20H2,(H,21,22). The summed E-state index contributed by atoms with van der Waals surface area (Å²) in [7, 11) is 0. The molecular formula is C19H22N2OS. The van der Waals surface area contributed by atoms with Crippen LogP contribution in [0, 0.1) is 0 Å². The molecule has 1 heterocycles. The molecule has 0 saturated carbocycles. The Morgan fingerprint density at radius 3 is 2.78 bits per heavy atom. The van der Waals surface area contributed by atoms with Gasteiger partial charge >= 0.3 is 0 Å². The molecule has 23 heavy (non-hydrogen) atoms. The summed E-state index contributed by atoms with van der Waals surface area (Å²) in [4.78, 5) is 15.0. The summed E-state index contributed by atoms with van der Waals surface area (Å²) in [5.41, 5.74) is 10.6. The second-order valence-corrected chi connectivity index (χ2v) is 7.78. The molecule has 1 atom stereocenters. The van der Waals surface area contributed by atoms with E-state index in [9.17, 15) is 4.79 Å². The van der Waals surface area contributed by atoms with Crippen LogP contribution in [0.3, 0.4) is 0 Å². The van der Waals surface area contributed by atoms with Gasteiger partial charge in [0.2, 0.25) is 0 Å². The van der Waals surface area contributed by atoms with Gasteiger partial charge in [-0.05, 0) is 79.8 Å². The van der Waals surface area contributed by atoms with E-state index in [0.29, 0.717) is 0 Å². The first-order chi connectivity index (χ1) is 11.2. The lowest BCUT2D eigenvalue weighted by Gasteiger charge is -2.26. The maximum absolute atomic E-state index is 12.7. The number of carbonyl (C=O) groups excluding carboxylic acids is 1. The second-order valence-electron chi connectivity index (χ2n) is 6.64. The van der Waals surface area contributed by atoms with E-state index in [-0.39, 0.29) is 11.9 Å². The quantitative estimate of drug-likeness (QED) is 0.819. The smallest absolute Gasteiger partial charge is 0.261 e. The van der Waals surface area contributed by atoms with Crippen molar-refractivity contribution in [3.8, 4) is 0 Å². The highest BCUT2D eigenvalue weighted by molar-refractivity contribution is 7.14. The highest BCUT2D eigenvalue weighted by Gasteiger charge is 2.24.